The number of hydrogen-bond donors (Lipinski definition) is 0. The normalized spacial score (nSPS) is 26.3. The summed E-state index contributed by atoms with van der Waals surface area (Å²) in [6.45, 7) is 3.26. The van der Waals surface area contributed by atoms with Gasteiger partial charge in [-0.2, -0.15) is 10.1 Å². The van der Waals surface area contributed by atoms with Crippen molar-refractivity contribution in [3.8, 4) is 11.5 Å². The molecule has 31 heavy (non-hydrogen) atoms. The number of hydrogen-bond acceptors (Lipinski definition) is 7. The number of hydrazone groups is 1. The number of methoxy groups -OCH3 is 1. The fraction of sp³-hybridized carbons (Fsp3) is 0.455. The predicted molar refractivity (Wildman–Crippen MR) is 115 cm³/mol. The van der Waals surface area contributed by atoms with Gasteiger partial charge in [0.2, 0.25) is 0 Å². The molecule has 1 aliphatic heterocycles. The van der Waals surface area contributed by atoms with Crippen LogP contribution in [0.15, 0.2) is 33.9 Å². The van der Waals surface area contributed by atoms with Gasteiger partial charge in [-0.25, -0.2) is 4.79 Å². The Kier molecular flexibility index (Phi) is 5.88. The first-order valence-electron chi connectivity index (χ1n) is 10.1. The molecule has 0 radical (unpaired) electrons. The quantitative estimate of drug-likeness (QED) is 0.252. The summed E-state index contributed by atoms with van der Waals surface area (Å²) in [4.78, 5) is 37.2. The molecule has 164 valence electrons. The van der Waals surface area contributed by atoms with Gasteiger partial charge in [0.1, 0.15) is 0 Å². The number of rotatable bonds is 7. The highest BCUT2D eigenvalue weighted by Gasteiger charge is 2.59. The van der Waals surface area contributed by atoms with Crippen LogP contribution in [0.1, 0.15) is 25.8 Å². The summed E-state index contributed by atoms with van der Waals surface area (Å²) in [5.74, 6) is -0.561. The van der Waals surface area contributed by atoms with Crippen molar-refractivity contribution in [2.24, 2.45) is 28.8 Å². The Hall–Kier alpha value is -2.68. The molecule has 0 aromatic heterocycles. The molecule has 9 heteroatoms. The van der Waals surface area contributed by atoms with Crippen molar-refractivity contribution in [2.45, 2.75) is 26.4 Å². The first-order valence-corrected chi connectivity index (χ1v) is 10.9. The summed E-state index contributed by atoms with van der Waals surface area (Å²) in [6, 6.07) is 3.28. The van der Waals surface area contributed by atoms with Gasteiger partial charge in [-0.3, -0.25) is 9.59 Å². The number of ether oxygens (including phenoxy) is 3. The van der Waals surface area contributed by atoms with Crippen molar-refractivity contribution in [3.05, 3.63) is 34.3 Å². The molecule has 0 spiro atoms. The van der Waals surface area contributed by atoms with E-state index in [1.54, 1.807) is 26.0 Å². The molecule has 1 aromatic rings. The topological polar surface area (TPSA) is 94.5 Å². The fourth-order valence-electron chi connectivity index (χ4n) is 4.48. The number of amides is 2. The minimum absolute atomic E-state index is 0.136. The zero-order valence-electron chi connectivity index (χ0n) is 17.4. The van der Waals surface area contributed by atoms with Crippen LogP contribution >= 0.6 is 15.9 Å². The van der Waals surface area contributed by atoms with Gasteiger partial charge in [0.25, 0.3) is 11.8 Å². The SMILES string of the molecule is COc1cc(C=NN2C(=O)C3C4C=CC(C4)C3C2=O)c(Br)cc1OCC(=O)OC(C)C. The maximum atomic E-state index is 12.8. The lowest BCUT2D eigenvalue weighted by atomic mass is 9.85. The average molecular weight is 491 g/mol. The summed E-state index contributed by atoms with van der Waals surface area (Å²) >= 11 is 3.43. The Balaban J connectivity index is 1.49. The molecule has 1 aromatic carbocycles. The van der Waals surface area contributed by atoms with Gasteiger partial charge in [0.05, 0.1) is 31.3 Å². The van der Waals surface area contributed by atoms with Gasteiger partial charge in [0, 0.05) is 10.0 Å². The molecule has 4 unspecified atom stereocenters. The van der Waals surface area contributed by atoms with Crippen LogP contribution in [0.3, 0.4) is 0 Å². The number of carbonyl (C=O) groups excluding carboxylic acids is 3. The minimum atomic E-state index is -0.487. The third-order valence-corrected chi connectivity index (χ3v) is 6.44. The summed E-state index contributed by atoms with van der Waals surface area (Å²) in [5.41, 5.74) is 0.590. The summed E-state index contributed by atoms with van der Waals surface area (Å²) in [5, 5.41) is 5.18. The van der Waals surface area contributed by atoms with E-state index in [0.717, 1.165) is 11.4 Å². The second-order valence-corrected chi connectivity index (χ2v) is 8.94. The van der Waals surface area contributed by atoms with Crippen LogP contribution in [0.4, 0.5) is 0 Å². The Morgan fingerprint density at radius 1 is 1.19 bits per heavy atom. The maximum absolute atomic E-state index is 12.8. The summed E-state index contributed by atoms with van der Waals surface area (Å²) in [6.07, 6.45) is 6.17. The number of halogens is 1. The molecule has 0 N–H and O–H groups in total. The van der Waals surface area contributed by atoms with Crippen LogP contribution < -0.4 is 9.47 Å². The number of fused-ring (bicyclic) bond motifs is 5. The van der Waals surface area contributed by atoms with E-state index in [4.69, 9.17) is 14.2 Å². The Morgan fingerprint density at radius 2 is 1.84 bits per heavy atom. The van der Waals surface area contributed by atoms with E-state index in [2.05, 4.69) is 21.0 Å². The summed E-state index contributed by atoms with van der Waals surface area (Å²) in [7, 11) is 1.47. The zero-order chi connectivity index (χ0) is 22.3. The van der Waals surface area contributed by atoms with Crippen molar-refractivity contribution in [2.75, 3.05) is 13.7 Å². The standard InChI is InChI=1S/C22H23BrN2O6/c1-11(2)31-18(26)10-30-17-8-15(23)14(7-16(17)29-3)9-24-25-21(27)19-12-4-5-13(6-12)20(19)22(25)28/h4-5,7-9,11-13,19-20H,6,10H2,1-3H3. The second-order valence-electron chi connectivity index (χ2n) is 8.08. The number of allylic oxidation sites excluding steroid dienone is 2. The maximum Gasteiger partial charge on any atom is 0.344 e. The Labute approximate surface area is 188 Å². The number of imide groups is 1. The van der Waals surface area contributed by atoms with Crippen molar-refractivity contribution in [1.29, 1.82) is 0 Å². The molecule has 2 amide bonds. The zero-order valence-corrected chi connectivity index (χ0v) is 19.0. The molecule has 1 saturated heterocycles. The number of esters is 1. The van der Waals surface area contributed by atoms with Crippen LogP contribution in [-0.4, -0.2) is 48.8 Å². The van der Waals surface area contributed by atoms with E-state index in [1.807, 2.05) is 12.2 Å². The van der Waals surface area contributed by atoms with Gasteiger partial charge in [-0.15, -0.1) is 0 Å². The van der Waals surface area contributed by atoms with Gasteiger partial charge < -0.3 is 14.2 Å². The highest BCUT2D eigenvalue weighted by molar-refractivity contribution is 9.10. The van der Waals surface area contributed by atoms with Crippen molar-refractivity contribution in [1.82, 2.24) is 5.01 Å². The lowest BCUT2D eigenvalue weighted by molar-refractivity contribution is -0.149. The number of nitrogens with zero attached hydrogens (tertiary/aromatic N) is 2. The minimum Gasteiger partial charge on any atom is -0.493 e. The first-order chi connectivity index (χ1) is 14.8. The molecule has 1 saturated carbocycles. The van der Waals surface area contributed by atoms with Gasteiger partial charge in [-0.1, -0.05) is 12.2 Å². The molecule has 4 rings (SSSR count). The highest BCUT2D eigenvalue weighted by atomic mass is 79.9. The number of carbonyl (C=O) groups is 3. The van der Waals surface area contributed by atoms with Gasteiger partial charge in [0.15, 0.2) is 18.1 Å². The van der Waals surface area contributed by atoms with Gasteiger partial charge >= 0.3 is 5.97 Å². The van der Waals surface area contributed by atoms with E-state index in [9.17, 15) is 14.4 Å². The van der Waals surface area contributed by atoms with Crippen LogP contribution in [0.5, 0.6) is 11.5 Å². The lowest BCUT2D eigenvalue weighted by Gasteiger charge is -2.14. The molecule has 2 bridgehead atoms. The Bertz CT molecular complexity index is 958. The average Bonchev–Trinajstić information content (AvgIpc) is 3.40. The monoisotopic (exact) mass is 490 g/mol. The summed E-state index contributed by atoms with van der Waals surface area (Å²) < 4.78 is 16.5. The molecule has 1 heterocycles. The largest absolute Gasteiger partial charge is 0.493 e. The Morgan fingerprint density at radius 3 is 2.42 bits per heavy atom. The number of benzene rings is 1. The second kappa shape index (κ2) is 8.45. The highest BCUT2D eigenvalue weighted by Crippen LogP contribution is 2.52. The molecule has 2 fully saturated rings. The van der Waals surface area contributed by atoms with Crippen LogP contribution in [-0.2, 0) is 19.1 Å². The van der Waals surface area contributed by atoms with E-state index < -0.39 is 5.97 Å². The van der Waals surface area contributed by atoms with E-state index in [-0.39, 0.29) is 48.2 Å². The van der Waals surface area contributed by atoms with Crippen molar-refractivity contribution >= 4 is 39.9 Å². The smallest absolute Gasteiger partial charge is 0.344 e. The molecule has 4 atom stereocenters. The molecule has 8 nitrogen and oxygen atoms in total. The third-order valence-electron chi connectivity index (χ3n) is 5.75. The molecule has 2 aliphatic carbocycles. The van der Waals surface area contributed by atoms with Crippen LogP contribution in [0, 0.1) is 23.7 Å². The first kappa shape index (κ1) is 21.5. The lowest BCUT2D eigenvalue weighted by Crippen LogP contribution is -2.28. The van der Waals surface area contributed by atoms with Crippen molar-refractivity contribution < 1.29 is 28.6 Å². The molecular weight excluding hydrogens is 468 g/mol. The van der Waals surface area contributed by atoms with E-state index >= 15 is 0 Å². The van der Waals surface area contributed by atoms with Crippen molar-refractivity contribution in [3.63, 3.8) is 0 Å². The fourth-order valence-corrected chi connectivity index (χ4v) is 4.90. The van der Waals surface area contributed by atoms with E-state index in [1.165, 1.54) is 13.3 Å². The van der Waals surface area contributed by atoms with E-state index in [0.29, 0.717) is 21.5 Å². The molecule has 3 aliphatic rings. The van der Waals surface area contributed by atoms with Crippen LogP contribution in [0.2, 0.25) is 0 Å². The predicted octanol–water partition coefficient (Wildman–Crippen LogP) is 2.93. The van der Waals surface area contributed by atoms with Crippen LogP contribution in [0.25, 0.3) is 0 Å². The molecular formula is C22H23BrN2O6. The third kappa shape index (κ3) is 3.98. The van der Waals surface area contributed by atoms with Gasteiger partial charge in [-0.05, 0) is 60.2 Å².